The van der Waals surface area contributed by atoms with Crippen LogP contribution < -0.4 is 5.32 Å². The third kappa shape index (κ3) is 14.2. The average Bonchev–Trinajstić information content (AvgIpc) is 2.06. The first kappa shape index (κ1) is 17.2. The Morgan fingerprint density at radius 1 is 1.41 bits per heavy atom. The molecular formula is C11H25NO3S2. The Kier molecular flexibility index (Phi) is 7.75. The van der Waals surface area contributed by atoms with E-state index in [-0.39, 0.29) is 6.61 Å². The normalized spacial score (nSPS) is 17.7. The Bertz CT molecular complexity index is 296. The van der Waals surface area contributed by atoms with Gasteiger partial charge in [0.15, 0.2) is 0 Å². The molecule has 2 atom stereocenters. The van der Waals surface area contributed by atoms with E-state index in [9.17, 15) is 4.21 Å². The van der Waals surface area contributed by atoms with E-state index in [0.717, 1.165) is 13.0 Å². The fourth-order valence-electron chi connectivity index (χ4n) is 1.84. The lowest BCUT2D eigenvalue weighted by molar-refractivity contribution is 0.283. The van der Waals surface area contributed by atoms with Crippen molar-refractivity contribution < 1.29 is 12.9 Å². The highest BCUT2D eigenvalue weighted by Crippen LogP contribution is 2.25. The second kappa shape index (κ2) is 7.63. The van der Waals surface area contributed by atoms with Gasteiger partial charge in [0.1, 0.15) is 0 Å². The van der Waals surface area contributed by atoms with E-state index >= 15 is 0 Å². The summed E-state index contributed by atoms with van der Waals surface area (Å²) in [5.41, 5.74) is 0.368. The van der Waals surface area contributed by atoms with E-state index in [1.165, 1.54) is 6.42 Å². The van der Waals surface area contributed by atoms with Crippen LogP contribution in [-0.2, 0) is 24.4 Å². The van der Waals surface area contributed by atoms with Crippen LogP contribution in [0.1, 0.15) is 40.5 Å². The van der Waals surface area contributed by atoms with Gasteiger partial charge in [0.05, 0.1) is 6.61 Å². The molecule has 104 valence electrons. The minimum absolute atomic E-state index is 0.173. The van der Waals surface area contributed by atoms with Crippen molar-refractivity contribution in [2.24, 2.45) is 11.3 Å². The minimum atomic E-state index is -3.46. The summed E-state index contributed by atoms with van der Waals surface area (Å²) in [5.74, 6) is 0.671. The summed E-state index contributed by atoms with van der Waals surface area (Å²) in [6.07, 6.45) is 2.29. The SMILES string of the molecule is C[C@H](CCNCCOS(=O)(O)=S)CC(C)(C)C. The minimum Gasteiger partial charge on any atom is -0.314 e. The van der Waals surface area contributed by atoms with Gasteiger partial charge in [0, 0.05) is 17.7 Å². The molecule has 0 aliphatic heterocycles. The molecule has 0 saturated heterocycles. The van der Waals surface area contributed by atoms with Crippen LogP contribution in [0, 0.1) is 11.3 Å². The largest absolute Gasteiger partial charge is 0.314 e. The van der Waals surface area contributed by atoms with Crippen molar-refractivity contribution in [1.82, 2.24) is 5.32 Å². The van der Waals surface area contributed by atoms with Gasteiger partial charge in [-0.1, -0.05) is 27.7 Å². The third-order valence-electron chi connectivity index (χ3n) is 2.29. The molecule has 0 aromatic rings. The van der Waals surface area contributed by atoms with Gasteiger partial charge in [-0.2, -0.15) is 4.21 Å². The highest BCUT2D eigenvalue weighted by Gasteiger charge is 2.14. The van der Waals surface area contributed by atoms with E-state index < -0.39 is 9.05 Å². The highest BCUT2D eigenvalue weighted by molar-refractivity contribution is 8.27. The quantitative estimate of drug-likeness (QED) is 0.669. The molecule has 0 aromatic heterocycles. The lowest BCUT2D eigenvalue weighted by Gasteiger charge is -2.23. The predicted molar refractivity (Wildman–Crippen MR) is 74.8 cm³/mol. The van der Waals surface area contributed by atoms with Crippen LogP contribution in [-0.4, -0.2) is 28.5 Å². The van der Waals surface area contributed by atoms with Crippen molar-refractivity contribution in [3.63, 3.8) is 0 Å². The zero-order valence-corrected chi connectivity index (χ0v) is 12.8. The van der Waals surface area contributed by atoms with Crippen molar-refractivity contribution in [2.45, 2.75) is 40.5 Å². The summed E-state index contributed by atoms with van der Waals surface area (Å²) in [7, 11) is -3.46. The number of hydrogen-bond acceptors (Lipinski definition) is 4. The Balaban J connectivity index is 3.46. The molecule has 2 N–H and O–H groups in total. The summed E-state index contributed by atoms with van der Waals surface area (Å²) in [6.45, 7) is 10.6. The Morgan fingerprint density at radius 2 is 2.00 bits per heavy atom. The summed E-state index contributed by atoms with van der Waals surface area (Å²) < 4.78 is 23.8. The highest BCUT2D eigenvalue weighted by atomic mass is 32.9. The summed E-state index contributed by atoms with van der Waals surface area (Å²) in [6, 6.07) is 0. The van der Waals surface area contributed by atoms with Crippen LogP contribution in [0.25, 0.3) is 0 Å². The van der Waals surface area contributed by atoms with Gasteiger partial charge in [-0.15, -0.1) is 0 Å². The van der Waals surface area contributed by atoms with Crippen LogP contribution in [0.5, 0.6) is 0 Å². The van der Waals surface area contributed by atoms with E-state index in [0.29, 0.717) is 17.9 Å². The summed E-state index contributed by atoms with van der Waals surface area (Å²) in [4.78, 5) is 0. The van der Waals surface area contributed by atoms with Crippen molar-refractivity contribution in [3.05, 3.63) is 0 Å². The molecule has 4 nitrogen and oxygen atoms in total. The van der Waals surface area contributed by atoms with Gasteiger partial charge in [0.25, 0.3) is 9.05 Å². The first-order valence-electron chi connectivity index (χ1n) is 5.93. The predicted octanol–water partition coefficient (Wildman–Crippen LogP) is 2.19. The first-order chi connectivity index (χ1) is 7.60. The second-order valence-electron chi connectivity index (χ2n) is 5.66. The smallest absolute Gasteiger partial charge is 0.266 e. The molecule has 0 aromatic carbocycles. The number of nitrogens with one attached hydrogen (secondary N) is 1. The second-order valence-corrected chi connectivity index (χ2v) is 8.01. The van der Waals surface area contributed by atoms with Crippen LogP contribution in [0.2, 0.25) is 0 Å². The van der Waals surface area contributed by atoms with Crippen LogP contribution in [0.3, 0.4) is 0 Å². The monoisotopic (exact) mass is 283 g/mol. The van der Waals surface area contributed by atoms with Crippen LogP contribution in [0.4, 0.5) is 0 Å². The fourth-order valence-corrected chi connectivity index (χ4v) is 2.34. The lowest BCUT2D eigenvalue weighted by Crippen LogP contribution is -2.24. The zero-order valence-electron chi connectivity index (χ0n) is 11.2. The molecule has 0 amide bonds. The molecule has 6 heteroatoms. The molecule has 0 bridgehead atoms. The van der Waals surface area contributed by atoms with Gasteiger partial charge < -0.3 is 5.32 Å². The Hall–Kier alpha value is 0.250. The molecule has 0 rings (SSSR count). The van der Waals surface area contributed by atoms with Gasteiger partial charge >= 0.3 is 0 Å². The molecular weight excluding hydrogens is 258 g/mol. The Morgan fingerprint density at radius 3 is 2.47 bits per heavy atom. The van der Waals surface area contributed by atoms with Crippen LogP contribution in [0.15, 0.2) is 0 Å². The van der Waals surface area contributed by atoms with E-state index in [1.54, 1.807) is 0 Å². The molecule has 0 aliphatic carbocycles. The van der Waals surface area contributed by atoms with Gasteiger partial charge in [-0.05, 0) is 30.7 Å². The number of hydrogen-bond donors (Lipinski definition) is 2. The van der Waals surface area contributed by atoms with Gasteiger partial charge in [-0.3, -0.25) is 8.74 Å². The number of rotatable bonds is 8. The maximum Gasteiger partial charge on any atom is 0.266 e. The molecule has 0 heterocycles. The maximum atomic E-state index is 10.6. The molecule has 0 radical (unpaired) electrons. The summed E-state index contributed by atoms with van der Waals surface area (Å²) in [5, 5.41) is 3.17. The first-order valence-corrected chi connectivity index (χ1v) is 8.29. The van der Waals surface area contributed by atoms with E-state index in [2.05, 4.69) is 48.4 Å². The van der Waals surface area contributed by atoms with Crippen molar-refractivity contribution in [3.8, 4) is 0 Å². The molecule has 17 heavy (non-hydrogen) atoms. The van der Waals surface area contributed by atoms with Crippen molar-refractivity contribution in [2.75, 3.05) is 19.7 Å². The Labute approximate surface area is 110 Å². The molecule has 1 unspecified atom stereocenters. The molecule has 0 saturated carbocycles. The standard InChI is InChI=1S/C11H25NO3S2/c1-10(9-11(2,3)4)5-6-12-7-8-15-17(13,14)16/h10,12H,5-9H2,1-4H3,(H,13,14,16)/t10-/m1/s1. The van der Waals surface area contributed by atoms with E-state index in [4.69, 9.17) is 4.55 Å². The van der Waals surface area contributed by atoms with Gasteiger partial charge in [-0.25, -0.2) is 0 Å². The third-order valence-corrected chi connectivity index (χ3v) is 3.04. The molecule has 0 aliphatic rings. The summed E-state index contributed by atoms with van der Waals surface area (Å²) >= 11 is 4.20. The zero-order chi connectivity index (χ0) is 13.5. The fraction of sp³-hybridized carbons (Fsp3) is 1.00. The maximum absolute atomic E-state index is 10.6. The van der Waals surface area contributed by atoms with Gasteiger partial charge in [0.2, 0.25) is 0 Å². The van der Waals surface area contributed by atoms with Crippen LogP contribution >= 0.6 is 0 Å². The van der Waals surface area contributed by atoms with Crippen molar-refractivity contribution in [1.29, 1.82) is 0 Å². The van der Waals surface area contributed by atoms with Crippen molar-refractivity contribution >= 4 is 20.2 Å². The lowest BCUT2D eigenvalue weighted by atomic mass is 9.84. The topological polar surface area (TPSA) is 58.6 Å². The molecule has 0 fully saturated rings. The molecule has 0 spiro atoms. The van der Waals surface area contributed by atoms with E-state index in [1.807, 2.05) is 0 Å². The average molecular weight is 283 g/mol.